The van der Waals surface area contributed by atoms with Crippen LogP contribution in [0.15, 0.2) is 24.3 Å². The highest BCUT2D eigenvalue weighted by Gasteiger charge is 2.03. The van der Waals surface area contributed by atoms with E-state index in [4.69, 9.17) is 14.2 Å². The van der Waals surface area contributed by atoms with Crippen molar-refractivity contribution in [3.8, 4) is 11.5 Å². The Kier molecular flexibility index (Phi) is 9.60. The third-order valence-corrected chi connectivity index (χ3v) is 3.56. The summed E-state index contributed by atoms with van der Waals surface area (Å²) in [5, 5.41) is 0. The summed E-state index contributed by atoms with van der Waals surface area (Å²) in [4.78, 5) is 11.7. The third kappa shape index (κ3) is 7.73. The molecule has 0 N–H and O–H groups in total. The van der Waals surface area contributed by atoms with Crippen LogP contribution >= 0.6 is 0 Å². The number of hydrogen-bond acceptors (Lipinski definition) is 4. The summed E-state index contributed by atoms with van der Waals surface area (Å²) in [6.45, 7) is 2.69. The summed E-state index contributed by atoms with van der Waals surface area (Å²) >= 11 is 0. The molecular weight excluding hydrogens is 292 g/mol. The van der Waals surface area contributed by atoms with Gasteiger partial charge >= 0.3 is 5.97 Å². The third-order valence-electron chi connectivity index (χ3n) is 3.56. The van der Waals surface area contributed by atoms with Crippen LogP contribution in [0.1, 0.15) is 51.0 Å². The van der Waals surface area contributed by atoms with Gasteiger partial charge in [0, 0.05) is 6.08 Å². The lowest BCUT2D eigenvalue weighted by Crippen LogP contribution is -2.02. The van der Waals surface area contributed by atoms with E-state index in [1.165, 1.54) is 31.8 Å². The van der Waals surface area contributed by atoms with Crippen molar-refractivity contribution < 1.29 is 19.0 Å². The van der Waals surface area contributed by atoms with Gasteiger partial charge in [-0.25, -0.2) is 4.79 Å². The Bertz CT molecular complexity index is 494. The van der Waals surface area contributed by atoms with Gasteiger partial charge < -0.3 is 14.2 Å². The molecule has 0 heterocycles. The fourth-order valence-corrected chi connectivity index (χ4v) is 2.22. The summed E-state index contributed by atoms with van der Waals surface area (Å²) in [5.74, 6) is 0.985. The lowest BCUT2D eigenvalue weighted by atomic mass is 10.1. The smallest absolute Gasteiger partial charge is 0.330 e. The maximum atomic E-state index is 11.7. The van der Waals surface area contributed by atoms with Crippen LogP contribution in [-0.2, 0) is 9.53 Å². The van der Waals surface area contributed by atoms with Crippen molar-refractivity contribution in [3.63, 3.8) is 0 Å². The van der Waals surface area contributed by atoms with Gasteiger partial charge in [0.1, 0.15) is 0 Å². The number of ether oxygens (including phenoxy) is 3. The number of esters is 1. The molecule has 23 heavy (non-hydrogen) atoms. The minimum atomic E-state index is -0.312. The monoisotopic (exact) mass is 320 g/mol. The molecule has 4 heteroatoms. The number of rotatable bonds is 11. The Balaban J connectivity index is 2.32. The molecule has 0 amide bonds. The molecule has 0 radical (unpaired) electrons. The molecule has 0 bridgehead atoms. The Labute approximate surface area is 139 Å². The van der Waals surface area contributed by atoms with Gasteiger partial charge in [-0.05, 0) is 30.2 Å². The Morgan fingerprint density at radius 3 is 2.39 bits per heavy atom. The zero-order valence-electron chi connectivity index (χ0n) is 14.5. The molecule has 4 nitrogen and oxygen atoms in total. The van der Waals surface area contributed by atoms with Crippen LogP contribution < -0.4 is 9.47 Å². The second kappa shape index (κ2) is 11.6. The summed E-state index contributed by atoms with van der Waals surface area (Å²) in [6.07, 6.45) is 10.2. The number of unbranched alkanes of at least 4 members (excludes halogenated alkanes) is 5. The van der Waals surface area contributed by atoms with E-state index in [0.717, 1.165) is 18.4 Å². The van der Waals surface area contributed by atoms with Gasteiger partial charge in [0.25, 0.3) is 0 Å². The van der Waals surface area contributed by atoms with E-state index < -0.39 is 0 Å². The van der Waals surface area contributed by atoms with E-state index in [9.17, 15) is 4.79 Å². The molecule has 0 spiro atoms. The van der Waals surface area contributed by atoms with Crippen LogP contribution in [0.5, 0.6) is 11.5 Å². The molecule has 0 atom stereocenters. The maximum absolute atomic E-state index is 11.7. The Morgan fingerprint density at radius 2 is 1.70 bits per heavy atom. The first kappa shape index (κ1) is 19.1. The largest absolute Gasteiger partial charge is 0.493 e. The fourth-order valence-electron chi connectivity index (χ4n) is 2.22. The summed E-state index contributed by atoms with van der Waals surface area (Å²) in [5.41, 5.74) is 0.860. The summed E-state index contributed by atoms with van der Waals surface area (Å²) in [6, 6.07) is 5.48. The molecule has 0 aromatic heterocycles. The molecule has 0 saturated heterocycles. The minimum absolute atomic E-state index is 0.312. The number of hydrogen-bond donors (Lipinski definition) is 0. The quantitative estimate of drug-likeness (QED) is 0.339. The molecule has 0 aliphatic rings. The number of methoxy groups -OCH3 is 2. The van der Waals surface area contributed by atoms with Gasteiger partial charge in [-0.3, -0.25) is 0 Å². The predicted octanol–water partition coefficient (Wildman–Crippen LogP) is 4.62. The van der Waals surface area contributed by atoms with Crippen molar-refractivity contribution in [1.82, 2.24) is 0 Å². The van der Waals surface area contributed by atoms with E-state index in [1.807, 2.05) is 12.1 Å². The maximum Gasteiger partial charge on any atom is 0.330 e. The van der Waals surface area contributed by atoms with E-state index in [1.54, 1.807) is 26.4 Å². The molecule has 0 unspecified atom stereocenters. The van der Waals surface area contributed by atoms with E-state index in [2.05, 4.69) is 6.92 Å². The first-order chi connectivity index (χ1) is 11.2. The van der Waals surface area contributed by atoms with Gasteiger partial charge in [-0.15, -0.1) is 0 Å². The fraction of sp³-hybridized carbons (Fsp3) is 0.526. The van der Waals surface area contributed by atoms with Gasteiger partial charge in [-0.2, -0.15) is 0 Å². The molecule has 1 aromatic carbocycles. The second-order valence-corrected chi connectivity index (χ2v) is 5.38. The van der Waals surface area contributed by atoms with Crippen molar-refractivity contribution in [3.05, 3.63) is 29.8 Å². The van der Waals surface area contributed by atoms with Crippen molar-refractivity contribution in [1.29, 1.82) is 0 Å². The van der Waals surface area contributed by atoms with Crippen molar-refractivity contribution >= 4 is 12.0 Å². The van der Waals surface area contributed by atoms with Crippen molar-refractivity contribution in [2.75, 3.05) is 20.8 Å². The SMILES string of the molecule is CCCCCCCCOC(=O)/C=C/c1ccc(OC)c(OC)c1. The lowest BCUT2D eigenvalue weighted by molar-refractivity contribution is -0.137. The molecule has 1 rings (SSSR count). The highest BCUT2D eigenvalue weighted by atomic mass is 16.5. The zero-order valence-corrected chi connectivity index (χ0v) is 14.5. The highest BCUT2D eigenvalue weighted by Crippen LogP contribution is 2.27. The van der Waals surface area contributed by atoms with Gasteiger partial charge in [-0.1, -0.05) is 45.1 Å². The Hall–Kier alpha value is -1.97. The number of carbonyl (C=O) groups is 1. The molecular formula is C19H28O4. The van der Waals surface area contributed by atoms with Crippen molar-refractivity contribution in [2.45, 2.75) is 45.4 Å². The van der Waals surface area contributed by atoms with E-state index >= 15 is 0 Å². The van der Waals surface area contributed by atoms with E-state index in [-0.39, 0.29) is 5.97 Å². The zero-order chi connectivity index (χ0) is 16.9. The average molecular weight is 320 g/mol. The van der Waals surface area contributed by atoms with Crippen LogP contribution in [0, 0.1) is 0 Å². The summed E-state index contributed by atoms with van der Waals surface area (Å²) in [7, 11) is 3.17. The van der Waals surface area contributed by atoms with Gasteiger partial charge in [0.2, 0.25) is 0 Å². The minimum Gasteiger partial charge on any atom is -0.493 e. The second-order valence-electron chi connectivity index (χ2n) is 5.38. The van der Waals surface area contributed by atoms with Crippen LogP contribution in [0.2, 0.25) is 0 Å². The van der Waals surface area contributed by atoms with Gasteiger partial charge in [0.15, 0.2) is 11.5 Å². The normalized spacial score (nSPS) is 10.7. The van der Waals surface area contributed by atoms with Crippen LogP contribution in [-0.4, -0.2) is 26.8 Å². The summed E-state index contributed by atoms with van der Waals surface area (Å²) < 4.78 is 15.6. The number of carbonyl (C=O) groups excluding carboxylic acids is 1. The first-order valence-electron chi connectivity index (χ1n) is 8.28. The topological polar surface area (TPSA) is 44.8 Å². The molecule has 0 aliphatic carbocycles. The number of benzene rings is 1. The lowest BCUT2D eigenvalue weighted by Gasteiger charge is -2.07. The molecule has 1 aromatic rings. The van der Waals surface area contributed by atoms with Crippen LogP contribution in [0.3, 0.4) is 0 Å². The molecule has 128 valence electrons. The van der Waals surface area contributed by atoms with Crippen LogP contribution in [0.4, 0.5) is 0 Å². The predicted molar refractivity (Wildman–Crippen MR) is 92.9 cm³/mol. The first-order valence-corrected chi connectivity index (χ1v) is 8.28. The van der Waals surface area contributed by atoms with Gasteiger partial charge in [0.05, 0.1) is 20.8 Å². The standard InChI is InChI=1S/C19H28O4/c1-4-5-6-7-8-9-14-23-19(20)13-11-16-10-12-17(21-2)18(15-16)22-3/h10-13,15H,4-9,14H2,1-3H3/b13-11+. The van der Waals surface area contributed by atoms with Crippen LogP contribution in [0.25, 0.3) is 6.08 Å². The average Bonchev–Trinajstić information content (AvgIpc) is 2.58. The van der Waals surface area contributed by atoms with E-state index in [0.29, 0.717) is 18.1 Å². The highest BCUT2D eigenvalue weighted by molar-refractivity contribution is 5.87. The Morgan fingerprint density at radius 1 is 1.00 bits per heavy atom. The molecule has 0 fully saturated rings. The molecule has 0 saturated carbocycles. The van der Waals surface area contributed by atoms with Crippen molar-refractivity contribution in [2.24, 2.45) is 0 Å². The molecule has 0 aliphatic heterocycles.